The number of carbonyl (C=O) groups is 1. The predicted octanol–water partition coefficient (Wildman–Crippen LogP) is 1.70. The molecule has 1 aromatic heterocycles. The van der Waals surface area contributed by atoms with Gasteiger partial charge >= 0.3 is 0 Å². The topological polar surface area (TPSA) is 29.1 Å². The molecule has 1 N–H and O–H groups in total. The van der Waals surface area contributed by atoms with Crippen molar-refractivity contribution in [1.82, 2.24) is 5.32 Å². The Kier molecular flexibility index (Phi) is 3.11. The summed E-state index contributed by atoms with van der Waals surface area (Å²) in [5.41, 5.74) is 0. The molecule has 0 aliphatic heterocycles. The van der Waals surface area contributed by atoms with Crippen molar-refractivity contribution >= 4 is 17.2 Å². The van der Waals surface area contributed by atoms with Gasteiger partial charge in [-0.1, -0.05) is 13.0 Å². The Hall–Kier alpha value is -0.830. The van der Waals surface area contributed by atoms with E-state index in [0.29, 0.717) is 6.54 Å². The molecule has 0 aromatic carbocycles. The van der Waals surface area contributed by atoms with Crippen molar-refractivity contribution in [3.05, 3.63) is 28.8 Å². The molecule has 1 radical (unpaired) electrons. The fourth-order valence-electron chi connectivity index (χ4n) is 0.690. The van der Waals surface area contributed by atoms with Gasteiger partial charge in [-0.15, -0.1) is 11.3 Å². The molecule has 0 saturated heterocycles. The van der Waals surface area contributed by atoms with Crippen LogP contribution in [0.15, 0.2) is 17.5 Å². The maximum absolute atomic E-state index is 11.1. The Bertz CT molecular complexity index is 218. The van der Waals surface area contributed by atoms with E-state index >= 15 is 0 Å². The summed E-state index contributed by atoms with van der Waals surface area (Å²) in [6.07, 6.45) is 1.91. The number of amides is 1. The minimum atomic E-state index is 0.0121. The highest BCUT2D eigenvalue weighted by molar-refractivity contribution is 7.12. The number of thiophene rings is 1. The number of nitrogens with one attached hydrogen (secondary N) is 1. The number of rotatable bonds is 3. The van der Waals surface area contributed by atoms with E-state index in [4.69, 9.17) is 0 Å². The summed E-state index contributed by atoms with van der Waals surface area (Å²) in [5, 5.41) is 4.64. The lowest BCUT2D eigenvalue weighted by Crippen LogP contribution is -2.23. The van der Waals surface area contributed by atoms with Crippen molar-refractivity contribution in [2.45, 2.75) is 6.92 Å². The van der Waals surface area contributed by atoms with Crippen LogP contribution in [0.1, 0.15) is 16.6 Å². The van der Waals surface area contributed by atoms with Crippen molar-refractivity contribution in [2.75, 3.05) is 6.54 Å². The summed E-state index contributed by atoms with van der Waals surface area (Å²) in [5.74, 6) is 0.0121. The normalized spacial score (nSPS) is 9.55. The highest BCUT2D eigenvalue weighted by atomic mass is 32.1. The number of hydrogen-bond donors (Lipinski definition) is 1. The molecule has 1 amide bonds. The Balaban J connectivity index is 2.43. The molecular formula is C8H10NOS. The van der Waals surface area contributed by atoms with E-state index < -0.39 is 0 Å². The van der Waals surface area contributed by atoms with Crippen LogP contribution in [0.2, 0.25) is 0 Å². The first kappa shape index (κ1) is 8.27. The van der Waals surface area contributed by atoms with Gasteiger partial charge in [-0.2, -0.15) is 0 Å². The van der Waals surface area contributed by atoms with Crippen LogP contribution < -0.4 is 5.32 Å². The van der Waals surface area contributed by atoms with Gasteiger partial charge in [0.25, 0.3) is 5.91 Å². The van der Waals surface area contributed by atoms with Crippen LogP contribution in [0.25, 0.3) is 0 Å². The quantitative estimate of drug-likeness (QED) is 0.731. The minimum absolute atomic E-state index is 0.0121. The fourth-order valence-corrected chi connectivity index (χ4v) is 1.33. The summed E-state index contributed by atoms with van der Waals surface area (Å²) in [4.78, 5) is 11.9. The van der Waals surface area contributed by atoms with Crippen LogP contribution in [0.3, 0.4) is 0 Å². The second-order valence-electron chi connectivity index (χ2n) is 2.10. The summed E-state index contributed by atoms with van der Waals surface area (Å²) in [7, 11) is 0. The second-order valence-corrected chi connectivity index (χ2v) is 3.04. The Labute approximate surface area is 70.2 Å². The van der Waals surface area contributed by atoms with Crippen LogP contribution in [0.4, 0.5) is 0 Å². The molecule has 0 unspecified atom stereocenters. The van der Waals surface area contributed by atoms with Crippen molar-refractivity contribution in [2.24, 2.45) is 0 Å². The molecule has 1 rings (SSSR count). The maximum atomic E-state index is 11.1. The molecule has 0 fully saturated rings. The smallest absolute Gasteiger partial charge is 0.261 e. The molecule has 3 heteroatoms. The SMILES string of the molecule is C[CH]CNC(=O)c1cccs1. The van der Waals surface area contributed by atoms with Gasteiger partial charge in [0.05, 0.1) is 4.88 Å². The third-order valence-corrected chi connectivity index (χ3v) is 2.08. The van der Waals surface area contributed by atoms with Gasteiger partial charge in [-0.3, -0.25) is 4.79 Å². The molecule has 0 spiro atoms. The second kappa shape index (κ2) is 4.13. The minimum Gasteiger partial charge on any atom is -0.351 e. The lowest BCUT2D eigenvalue weighted by atomic mass is 10.4. The molecule has 1 aromatic rings. The zero-order chi connectivity index (χ0) is 8.10. The Morgan fingerprint density at radius 3 is 3.18 bits per heavy atom. The van der Waals surface area contributed by atoms with E-state index in [-0.39, 0.29) is 5.91 Å². The molecular weight excluding hydrogens is 158 g/mol. The van der Waals surface area contributed by atoms with E-state index in [1.54, 1.807) is 0 Å². The average molecular weight is 168 g/mol. The summed E-state index contributed by atoms with van der Waals surface area (Å²) < 4.78 is 0. The zero-order valence-electron chi connectivity index (χ0n) is 6.33. The van der Waals surface area contributed by atoms with Crippen LogP contribution in [0.5, 0.6) is 0 Å². The summed E-state index contributed by atoms with van der Waals surface area (Å²) in [6.45, 7) is 2.55. The number of carbonyl (C=O) groups excluding carboxylic acids is 1. The van der Waals surface area contributed by atoms with Gasteiger partial charge in [-0.05, 0) is 17.9 Å². The van der Waals surface area contributed by atoms with E-state index in [2.05, 4.69) is 5.32 Å². The van der Waals surface area contributed by atoms with E-state index in [1.807, 2.05) is 30.9 Å². The van der Waals surface area contributed by atoms with Crippen LogP contribution in [0, 0.1) is 6.42 Å². The van der Waals surface area contributed by atoms with Gasteiger partial charge < -0.3 is 5.32 Å². The fraction of sp³-hybridized carbons (Fsp3) is 0.250. The zero-order valence-corrected chi connectivity index (χ0v) is 7.15. The van der Waals surface area contributed by atoms with Crippen molar-refractivity contribution < 1.29 is 4.79 Å². The van der Waals surface area contributed by atoms with Crippen molar-refractivity contribution in [1.29, 1.82) is 0 Å². The molecule has 0 atom stereocenters. The lowest BCUT2D eigenvalue weighted by molar-refractivity contribution is 0.0961. The molecule has 0 aliphatic rings. The van der Waals surface area contributed by atoms with Crippen LogP contribution in [-0.4, -0.2) is 12.5 Å². The third kappa shape index (κ3) is 2.35. The lowest BCUT2D eigenvalue weighted by Gasteiger charge is -1.98. The van der Waals surface area contributed by atoms with Crippen LogP contribution in [-0.2, 0) is 0 Å². The Morgan fingerprint density at radius 2 is 2.64 bits per heavy atom. The van der Waals surface area contributed by atoms with E-state index in [0.717, 1.165) is 4.88 Å². The molecule has 0 saturated carbocycles. The largest absolute Gasteiger partial charge is 0.351 e. The van der Waals surface area contributed by atoms with E-state index in [1.165, 1.54) is 11.3 Å². The third-order valence-electron chi connectivity index (χ3n) is 1.21. The standard InChI is InChI=1S/C8H10NOS/c1-2-5-9-8(10)7-4-3-6-11-7/h2-4,6H,5H2,1H3,(H,9,10). The first-order valence-electron chi connectivity index (χ1n) is 3.44. The van der Waals surface area contributed by atoms with Crippen LogP contribution >= 0.6 is 11.3 Å². The monoisotopic (exact) mass is 168 g/mol. The summed E-state index contributed by atoms with van der Waals surface area (Å²) in [6, 6.07) is 3.69. The van der Waals surface area contributed by atoms with Gasteiger partial charge in [-0.25, -0.2) is 0 Å². The molecule has 0 aliphatic carbocycles. The molecule has 0 bridgehead atoms. The maximum Gasteiger partial charge on any atom is 0.261 e. The summed E-state index contributed by atoms with van der Waals surface area (Å²) >= 11 is 1.46. The highest BCUT2D eigenvalue weighted by Gasteiger charge is 2.03. The molecule has 11 heavy (non-hydrogen) atoms. The van der Waals surface area contributed by atoms with E-state index in [9.17, 15) is 4.79 Å². The first-order valence-corrected chi connectivity index (χ1v) is 4.32. The van der Waals surface area contributed by atoms with Crippen molar-refractivity contribution in [3.8, 4) is 0 Å². The van der Waals surface area contributed by atoms with Gasteiger partial charge in [0.2, 0.25) is 0 Å². The Morgan fingerprint density at radius 1 is 1.82 bits per heavy atom. The average Bonchev–Trinajstić information content (AvgIpc) is 2.52. The molecule has 2 nitrogen and oxygen atoms in total. The molecule has 59 valence electrons. The van der Waals surface area contributed by atoms with Gasteiger partial charge in [0.15, 0.2) is 0 Å². The predicted molar refractivity (Wildman–Crippen MR) is 46.6 cm³/mol. The highest BCUT2D eigenvalue weighted by Crippen LogP contribution is 2.07. The van der Waals surface area contributed by atoms with Gasteiger partial charge in [0, 0.05) is 6.54 Å². The number of hydrogen-bond acceptors (Lipinski definition) is 2. The van der Waals surface area contributed by atoms with Gasteiger partial charge in [0.1, 0.15) is 0 Å². The first-order chi connectivity index (χ1) is 5.34. The van der Waals surface area contributed by atoms with Crippen molar-refractivity contribution in [3.63, 3.8) is 0 Å². The molecule has 1 heterocycles.